The van der Waals surface area contributed by atoms with Gasteiger partial charge in [-0.1, -0.05) is 42.5 Å². The molecule has 3 nitrogen and oxygen atoms in total. The first-order chi connectivity index (χ1) is 11.7. The van der Waals surface area contributed by atoms with E-state index < -0.39 is 0 Å². The fourth-order valence-electron chi connectivity index (χ4n) is 4.00. The third-order valence-corrected chi connectivity index (χ3v) is 5.47. The van der Waals surface area contributed by atoms with Gasteiger partial charge < -0.3 is 9.80 Å². The Morgan fingerprint density at radius 2 is 1.88 bits per heavy atom. The highest BCUT2D eigenvalue weighted by molar-refractivity contribution is 5.78. The number of likely N-dealkylation sites (tertiary alicyclic amines) is 1. The van der Waals surface area contributed by atoms with Gasteiger partial charge in [0.25, 0.3) is 0 Å². The van der Waals surface area contributed by atoms with Gasteiger partial charge in [-0.15, -0.1) is 0 Å². The molecule has 0 bridgehead atoms. The van der Waals surface area contributed by atoms with Crippen LogP contribution in [-0.4, -0.2) is 42.4 Å². The summed E-state index contributed by atoms with van der Waals surface area (Å²) in [6.45, 7) is 4.09. The normalized spacial score (nSPS) is 22.5. The second kappa shape index (κ2) is 8.48. The number of benzene rings is 1. The predicted molar refractivity (Wildman–Crippen MR) is 98.6 cm³/mol. The number of hydrogen-bond acceptors (Lipinski definition) is 2. The molecule has 0 N–H and O–H groups in total. The van der Waals surface area contributed by atoms with Crippen LogP contribution < -0.4 is 0 Å². The molecular weight excluding hydrogens is 296 g/mol. The summed E-state index contributed by atoms with van der Waals surface area (Å²) in [6, 6.07) is 10.3. The lowest BCUT2D eigenvalue weighted by atomic mass is 9.91. The lowest BCUT2D eigenvalue weighted by molar-refractivity contribution is -0.136. The Kier molecular flexibility index (Phi) is 6.08. The standard InChI is InChI=1S/C21H30N2O/c1-22(16-18-8-4-2-5-9-18)21(24)20-12-14-23(15-13-20)17-19-10-6-3-7-11-19/h2-6,8-9,19-20H,7,10-17H2,1H3/t19-/m0/s1. The van der Waals surface area contributed by atoms with Gasteiger partial charge in [0.15, 0.2) is 0 Å². The van der Waals surface area contributed by atoms with Crippen molar-refractivity contribution in [1.29, 1.82) is 0 Å². The van der Waals surface area contributed by atoms with E-state index >= 15 is 0 Å². The third-order valence-electron chi connectivity index (χ3n) is 5.47. The Balaban J connectivity index is 1.43. The summed E-state index contributed by atoms with van der Waals surface area (Å²) in [5, 5.41) is 0. The Labute approximate surface area is 146 Å². The first-order valence-electron chi connectivity index (χ1n) is 9.38. The van der Waals surface area contributed by atoms with Crippen LogP contribution in [0.1, 0.15) is 37.7 Å². The summed E-state index contributed by atoms with van der Waals surface area (Å²) in [4.78, 5) is 17.2. The molecule has 130 valence electrons. The zero-order chi connectivity index (χ0) is 16.8. The zero-order valence-electron chi connectivity index (χ0n) is 14.9. The highest BCUT2D eigenvalue weighted by Gasteiger charge is 2.28. The van der Waals surface area contributed by atoms with Gasteiger partial charge in [0.2, 0.25) is 5.91 Å². The highest BCUT2D eigenvalue weighted by atomic mass is 16.2. The molecule has 2 aliphatic rings. The van der Waals surface area contributed by atoms with Crippen molar-refractivity contribution in [2.75, 3.05) is 26.7 Å². The Hall–Kier alpha value is -1.61. The predicted octanol–water partition coefficient (Wildman–Crippen LogP) is 3.71. The number of piperidine rings is 1. The fraction of sp³-hybridized carbons (Fsp3) is 0.571. The van der Waals surface area contributed by atoms with E-state index in [4.69, 9.17) is 0 Å². The smallest absolute Gasteiger partial charge is 0.225 e. The summed E-state index contributed by atoms with van der Waals surface area (Å²) in [6.07, 6.45) is 10.5. The number of hydrogen-bond donors (Lipinski definition) is 0. The maximum Gasteiger partial charge on any atom is 0.225 e. The molecule has 3 heteroatoms. The summed E-state index contributed by atoms with van der Waals surface area (Å²) in [7, 11) is 1.94. The van der Waals surface area contributed by atoms with Crippen molar-refractivity contribution in [1.82, 2.24) is 9.80 Å². The SMILES string of the molecule is CN(Cc1ccccc1)C(=O)C1CCN(C[C@H]2CC=CCC2)CC1. The Morgan fingerprint density at radius 3 is 2.54 bits per heavy atom. The number of rotatable bonds is 5. The van der Waals surface area contributed by atoms with E-state index in [2.05, 4.69) is 29.2 Å². The number of amides is 1. The average Bonchev–Trinajstić information content (AvgIpc) is 2.63. The molecule has 1 atom stereocenters. The minimum Gasteiger partial charge on any atom is -0.341 e. The van der Waals surface area contributed by atoms with Crippen molar-refractivity contribution in [2.24, 2.45) is 11.8 Å². The second-order valence-electron chi connectivity index (χ2n) is 7.41. The van der Waals surface area contributed by atoms with Gasteiger partial charge >= 0.3 is 0 Å². The van der Waals surface area contributed by atoms with Crippen LogP contribution in [0.4, 0.5) is 0 Å². The van der Waals surface area contributed by atoms with Gasteiger partial charge in [-0.2, -0.15) is 0 Å². The van der Waals surface area contributed by atoms with E-state index in [0.717, 1.165) is 31.8 Å². The largest absolute Gasteiger partial charge is 0.341 e. The van der Waals surface area contributed by atoms with E-state index in [1.54, 1.807) is 0 Å². The van der Waals surface area contributed by atoms with Crippen LogP contribution in [0.15, 0.2) is 42.5 Å². The topological polar surface area (TPSA) is 23.6 Å². The minimum atomic E-state index is 0.209. The van der Waals surface area contributed by atoms with Crippen LogP contribution >= 0.6 is 0 Å². The molecule has 1 aliphatic heterocycles. The molecule has 1 aliphatic carbocycles. The quantitative estimate of drug-likeness (QED) is 0.770. The van der Waals surface area contributed by atoms with Crippen molar-refractivity contribution < 1.29 is 4.79 Å². The van der Waals surface area contributed by atoms with Crippen LogP contribution in [0.2, 0.25) is 0 Å². The first-order valence-corrected chi connectivity index (χ1v) is 9.38. The highest BCUT2D eigenvalue weighted by Crippen LogP contribution is 2.24. The fourth-order valence-corrected chi connectivity index (χ4v) is 4.00. The van der Waals surface area contributed by atoms with Crippen LogP contribution in [0.25, 0.3) is 0 Å². The molecule has 0 spiro atoms. The lowest BCUT2D eigenvalue weighted by Gasteiger charge is -2.35. The van der Waals surface area contributed by atoms with Gasteiger partial charge in [-0.3, -0.25) is 4.79 Å². The van der Waals surface area contributed by atoms with E-state index in [1.807, 2.05) is 30.1 Å². The molecule has 0 aromatic heterocycles. The van der Waals surface area contributed by atoms with Gasteiger partial charge in [0.05, 0.1) is 0 Å². The van der Waals surface area contributed by atoms with Crippen molar-refractivity contribution >= 4 is 5.91 Å². The average molecular weight is 326 g/mol. The molecule has 1 aromatic carbocycles. The van der Waals surface area contributed by atoms with E-state index in [1.165, 1.54) is 31.4 Å². The number of carbonyl (C=O) groups excluding carboxylic acids is 1. The molecule has 1 fully saturated rings. The molecule has 24 heavy (non-hydrogen) atoms. The van der Waals surface area contributed by atoms with E-state index in [0.29, 0.717) is 12.5 Å². The molecule has 1 heterocycles. The van der Waals surface area contributed by atoms with Crippen LogP contribution in [0.3, 0.4) is 0 Å². The Morgan fingerprint density at radius 1 is 1.12 bits per heavy atom. The monoisotopic (exact) mass is 326 g/mol. The molecule has 1 amide bonds. The minimum absolute atomic E-state index is 0.209. The van der Waals surface area contributed by atoms with Gasteiger partial charge in [0, 0.05) is 26.1 Å². The Bertz CT molecular complexity index is 546. The van der Waals surface area contributed by atoms with E-state index in [-0.39, 0.29) is 5.92 Å². The molecule has 3 rings (SSSR count). The summed E-state index contributed by atoms with van der Waals surface area (Å²) in [5.74, 6) is 1.35. The number of nitrogens with zero attached hydrogens (tertiary/aromatic N) is 2. The van der Waals surface area contributed by atoms with Gasteiger partial charge in [0.1, 0.15) is 0 Å². The molecule has 0 unspecified atom stereocenters. The van der Waals surface area contributed by atoms with Crippen LogP contribution in [0.5, 0.6) is 0 Å². The summed E-state index contributed by atoms with van der Waals surface area (Å²) in [5.41, 5.74) is 1.20. The van der Waals surface area contributed by atoms with Gasteiger partial charge in [-0.05, 0) is 56.7 Å². The molecule has 1 saturated heterocycles. The third kappa shape index (κ3) is 4.70. The molecular formula is C21H30N2O. The van der Waals surface area contributed by atoms with Crippen LogP contribution in [-0.2, 0) is 11.3 Å². The van der Waals surface area contributed by atoms with E-state index in [9.17, 15) is 4.79 Å². The first kappa shape index (κ1) is 17.2. The van der Waals surface area contributed by atoms with Crippen molar-refractivity contribution in [3.8, 4) is 0 Å². The van der Waals surface area contributed by atoms with Crippen molar-refractivity contribution in [3.63, 3.8) is 0 Å². The van der Waals surface area contributed by atoms with Crippen LogP contribution in [0, 0.1) is 11.8 Å². The lowest BCUT2D eigenvalue weighted by Crippen LogP contribution is -2.42. The zero-order valence-corrected chi connectivity index (χ0v) is 14.9. The van der Waals surface area contributed by atoms with Crippen molar-refractivity contribution in [3.05, 3.63) is 48.0 Å². The molecule has 1 aromatic rings. The number of carbonyl (C=O) groups is 1. The summed E-state index contributed by atoms with van der Waals surface area (Å²) < 4.78 is 0. The maximum atomic E-state index is 12.7. The van der Waals surface area contributed by atoms with Gasteiger partial charge in [-0.25, -0.2) is 0 Å². The molecule has 0 saturated carbocycles. The maximum absolute atomic E-state index is 12.7. The van der Waals surface area contributed by atoms with Crippen molar-refractivity contribution in [2.45, 2.75) is 38.6 Å². The molecule has 0 radical (unpaired) electrons. The summed E-state index contributed by atoms with van der Waals surface area (Å²) >= 11 is 0. The second-order valence-corrected chi connectivity index (χ2v) is 7.41. The number of allylic oxidation sites excluding steroid dienone is 2.